The largest absolute Gasteiger partial charge is 0.300 e. The Balaban J connectivity index is 2.26. The molecule has 2 heterocycles. The lowest BCUT2D eigenvalue weighted by Crippen LogP contribution is -2.25. The summed E-state index contributed by atoms with van der Waals surface area (Å²) in [4.78, 5) is 10.7. The van der Waals surface area contributed by atoms with Gasteiger partial charge in [-0.3, -0.25) is 10.1 Å². The monoisotopic (exact) mass is 386 g/mol. The van der Waals surface area contributed by atoms with Gasteiger partial charge in [0.15, 0.2) is 4.34 Å². The van der Waals surface area contributed by atoms with E-state index in [-0.39, 0.29) is 8.55 Å². The fourth-order valence-electron chi connectivity index (χ4n) is 1.51. The molecule has 6 nitrogen and oxygen atoms in total. The third-order valence-corrected chi connectivity index (χ3v) is 7.23. The first-order valence-corrected chi connectivity index (χ1v) is 9.29. The van der Waals surface area contributed by atoms with Crippen LogP contribution >= 0.6 is 45.9 Å². The molecule has 0 bridgehead atoms. The van der Waals surface area contributed by atoms with Gasteiger partial charge in [0, 0.05) is 10.9 Å². The molecule has 0 aliphatic heterocycles. The Hall–Kier alpha value is -0.710. The molecule has 11 heteroatoms. The van der Waals surface area contributed by atoms with Crippen LogP contribution in [0, 0.1) is 10.1 Å². The van der Waals surface area contributed by atoms with Crippen LogP contribution in [0.25, 0.3) is 0 Å². The summed E-state index contributed by atoms with van der Waals surface area (Å²) in [6.45, 7) is 1.66. The number of nitro groups is 1. The van der Waals surface area contributed by atoms with Crippen molar-refractivity contribution < 1.29 is 13.3 Å². The van der Waals surface area contributed by atoms with Crippen LogP contribution in [0.3, 0.4) is 0 Å². The van der Waals surface area contributed by atoms with Gasteiger partial charge in [0.1, 0.15) is 4.21 Å². The van der Waals surface area contributed by atoms with Crippen molar-refractivity contribution in [2.24, 2.45) is 0 Å². The van der Waals surface area contributed by atoms with E-state index in [0.29, 0.717) is 15.7 Å². The predicted molar refractivity (Wildman–Crippen MR) is 84.0 cm³/mol. The van der Waals surface area contributed by atoms with Gasteiger partial charge in [-0.25, -0.2) is 13.1 Å². The summed E-state index contributed by atoms with van der Waals surface area (Å²) in [7, 11) is -3.89. The van der Waals surface area contributed by atoms with Gasteiger partial charge in [-0.05, 0) is 19.1 Å². The van der Waals surface area contributed by atoms with Crippen molar-refractivity contribution in [1.82, 2.24) is 4.72 Å². The fraction of sp³-hybridized carbons (Fsp3) is 0.200. The van der Waals surface area contributed by atoms with Crippen LogP contribution in [0.4, 0.5) is 5.69 Å². The summed E-state index contributed by atoms with van der Waals surface area (Å²) in [5.74, 6) is 0. The molecule has 2 aromatic rings. The van der Waals surface area contributed by atoms with Gasteiger partial charge >= 0.3 is 0 Å². The molecule has 0 aromatic carbocycles. The maximum absolute atomic E-state index is 12.2. The van der Waals surface area contributed by atoms with Crippen LogP contribution < -0.4 is 4.72 Å². The van der Waals surface area contributed by atoms with Gasteiger partial charge in [-0.15, -0.1) is 22.7 Å². The number of hydrogen-bond acceptors (Lipinski definition) is 6. The number of rotatable bonds is 5. The molecule has 2 rings (SSSR count). The van der Waals surface area contributed by atoms with Crippen molar-refractivity contribution >= 4 is 61.6 Å². The zero-order valence-electron chi connectivity index (χ0n) is 10.4. The van der Waals surface area contributed by atoms with Gasteiger partial charge in [-0.2, -0.15) is 0 Å². The van der Waals surface area contributed by atoms with Gasteiger partial charge in [0.25, 0.3) is 15.7 Å². The van der Waals surface area contributed by atoms with Gasteiger partial charge in [-0.1, -0.05) is 23.2 Å². The minimum Gasteiger partial charge on any atom is -0.258 e. The number of halogens is 2. The van der Waals surface area contributed by atoms with E-state index in [9.17, 15) is 18.5 Å². The molecule has 1 N–H and O–H groups in total. The summed E-state index contributed by atoms with van der Waals surface area (Å²) in [5, 5.41) is 10.7. The summed E-state index contributed by atoms with van der Waals surface area (Å²) in [6.07, 6.45) is 0. The van der Waals surface area contributed by atoms with Gasteiger partial charge in [0.05, 0.1) is 15.3 Å². The SMILES string of the molecule is CC(NS(=O)(=O)c1cc([N+](=O)[O-])c(Cl)s1)c1ccc(Cl)s1. The van der Waals surface area contributed by atoms with Gasteiger partial charge in [0.2, 0.25) is 0 Å². The third kappa shape index (κ3) is 3.74. The Morgan fingerprint density at radius 1 is 1.33 bits per heavy atom. The second-order valence-electron chi connectivity index (χ2n) is 3.97. The highest BCUT2D eigenvalue weighted by Crippen LogP contribution is 2.37. The quantitative estimate of drug-likeness (QED) is 0.619. The number of hydrogen-bond donors (Lipinski definition) is 1. The van der Waals surface area contributed by atoms with Crippen molar-refractivity contribution in [2.45, 2.75) is 17.2 Å². The van der Waals surface area contributed by atoms with Crippen LogP contribution in [0.1, 0.15) is 17.8 Å². The first kappa shape index (κ1) is 16.7. The average Bonchev–Trinajstić information content (AvgIpc) is 2.95. The predicted octanol–water partition coefficient (Wildman–Crippen LogP) is 4.06. The molecule has 0 fully saturated rings. The highest BCUT2D eigenvalue weighted by atomic mass is 35.5. The molecule has 0 saturated heterocycles. The van der Waals surface area contributed by atoms with E-state index in [4.69, 9.17) is 23.2 Å². The second-order valence-corrected chi connectivity index (χ2v) is 9.31. The first-order valence-electron chi connectivity index (χ1n) is 5.42. The maximum atomic E-state index is 12.2. The van der Waals surface area contributed by atoms with E-state index in [1.807, 2.05) is 0 Å². The lowest BCUT2D eigenvalue weighted by Gasteiger charge is -2.11. The molecule has 1 atom stereocenters. The molecular formula is C10H8Cl2N2O4S3. The highest BCUT2D eigenvalue weighted by Gasteiger charge is 2.27. The summed E-state index contributed by atoms with van der Waals surface area (Å²) < 4.78 is 27.0. The molecular weight excluding hydrogens is 379 g/mol. The maximum Gasteiger partial charge on any atom is 0.300 e. The van der Waals surface area contributed by atoms with Crippen LogP contribution in [0.15, 0.2) is 22.4 Å². The van der Waals surface area contributed by atoms with E-state index in [1.54, 1.807) is 19.1 Å². The molecule has 21 heavy (non-hydrogen) atoms. The minimum absolute atomic E-state index is 0.174. The molecule has 0 radical (unpaired) electrons. The minimum atomic E-state index is -3.89. The first-order chi connectivity index (χ1) is 9.70. The lowest BCUT2D eigenvalue weighted by atomic mass is 10.3. The van der Waals surface area contributed by atoms with Crippen molar-refractivity contribution in [3.8, 4) is 0 Å². The Morgan fingerprint density at radius 3 is 2.48 bits per heavy atom. The van der Waals surface area contributed by atoms with E-state index in [2.05, 4.69) is 4.72 Å². The smallest absolute Gasteiger partial charge is 0.258 e. The van der Waals surface area contributed by atoms with Crippen LogP contribution in [-0.2, 0) is 10.0 Å². The van der Waals surface area contributed by atoms with Crippen molar-refractivity contribution in [1.29, 1.82) is 0 Å². The Bertz CT molecular complexity index is 784. The summed E-state index contributed by atoms with van der Waals surface area (Å²) in [6, 6.07) is 3.82. The van der Waals surface area contributed by atoms with Crippen molar-refractivity contribution in [3.05, 3.63) is 41.9 Å². The van der Waals surface area contributed by atoms with Crippen molar-refractivity contribution in [2.75, 3.05) is 0 Å². The molecule has 1 unspecified atom stereocenters. The van der Waals surface area contributed by atoms with Crippen LogP contribution in [-0.4, -0.2) is 13.3 Å². The second kappa shape index (κ2) is 6.19. The van der Waals surface area contributed by atoms with E-state index in [0.717, 1.165) is 10.9 Å². The third-order valence-electron chi connectivity index (χ3n) is 2.46. The molecule has 0 amide bonds. The van der Waals surface area contributed by atoms with Crippen LogP contribution in [0.5, 0.6) is 0 Å². The number of nitrogens with zero attached hydrogens (tertiary/aromatic N) is 1. The molecule has 114 valence electrons. The van der Waals surface area contributed by atoms with Crippen molar-refractivity contribution in [3.63, 3.8) is 0 Å². The summed E-state index contributed by atoms with van der Waals surface area (Å²) in [5.41, 5.74) is -0.422. The van der Waals surface area contributed by atoms with Gasteiger partial charge < -0.3 is 0 Å². The Kier molecular flexibility index (Phi) is 4.91. The van der Waals surface area contributed by atoms with E-state index >= 15 is 0 Å². The van der Waals surface area contributed by atoms with Crippen LogP contribution in [0.2, 0.25) is 8.67 Å². The zero-order valence-corrected chi connectivity index (χ0v) is 14.3. The lowest BCUT2D eigenvalue weighted by molar-refractivity contribution is -0.384. The topological polar surface area (TPSA) is 89.3 Å². The molecule has 0 aliphatic carbocycles. The average molecular weight is 387 g/mol. The standard InChI is InChI=1S/C10H8Cl2N2O4S3/c1-5(7-2-3-8(11)19-7)13-21(17,18)9-4-6(14(15)16)10(12)20-9/h2-5,13H,1H3. The van der Waals surface area contributed by atoms with E-state index < -0.39 is 26.7 Å². The Morgan fingerprint density at radius 2 is 2.00 bits per heavy atom. The number of nitrogens with one attached hydrogen (secondary N) is 1. The number of thiophene rings is 2. The molecule has 0 aliphatic rings. The zero-order chi connectivity index (χ0) is 15.8. The normalized spacial score (nSPS) is 13.3. The fourth-order valence-corrected chi connectivity index (χ4v) is 5.55. The Labute approximate surface area is 138 Å². The molecule has 2 aromatic heterocycles. The summed E-state index contributed by atoms with van der Waals surface area (Å²) >= 11 is 13.4. The number of sulfonamides is 1. The van der Waals surface area contributed by atoms with E-state index in [1.165, 1.54) is 11.3 Å². The highest BCUT2D eigenvalue weighted by molar-refractivity contribution is 7.91. The molecule has 0 spiro atoms. The molecule has 0 saturated carbocycles.